The number of hydrogen-bond donors (Lipinski definition) is 1. The molecular weight excluding hydrogens is 454 g/mol. The number of amides is 1. The van der Waals surface area contributed by atoms with Crippen molar-refractivity contribution in [2.45, 2.75) is 39.7 Å². The summed E-state index contributed by atoms with van der Waals surface area (Å²) < 4.78 is 1.57. The molecule has 9 heteroatoms. The molecule has 1 amide bonds. The molecule has 3 rings (SSSR count). The second-order valence-corrected chi connectivity index (χ2v) is 8.59. The van der Waals surface area contributed by atoms with Gasteiger partial charge in [0.2, 0.25) is 0 Å². The third kappa shape index (κ3) is 6.42. The molecule has 0 bridgehead atoms. The topological polar surface area (TPSA) is 93.3 Å². The lowest BCUT2D eigenvalue weighted by atomic mass is 10.1. The van der Waals surface area contributed by atoms with Gasteiger partial charge in [0.05, 0.1) is 16.3 Å². The summed E-state index contributed by atoms with van der Waals surface area (Å²) in [6, 6.07) is 14.9. The summed E-state index contributed by atoms with van der Waals surface area (Å²) >= 11 is 6.04. The Kier molecular flexibility index (Phi) is 8.79. The van der Waals surface area contributed by atoms with E-state index in [1.54, 1.807) is 47.1 Å². The summed E-state index contributed by atoms with van der Waals surface area (Å²) in [5.74, 6) is -0.231. The minimum absolute atomic E-state index is 0.000505. The van der Waals surface area contributed by atoms with Crippen molar-refractivity contribution in [3.8, 4) is 16.9 Å². The van der Waals surface area contributed by atoms with Crippen molar-refractivity contribution >= 4 is 23.2 Å². The molecule has 1 unspecified atom stereocenters. The van der Waals surface area contributed by atoms with Gasteiger partial charge < -0.3 is 10.2 Å². The summed E-state index contributed by atoms with van der Waals surface area (Å²) in [4.78, 5) is 26.1. The van der Waals surface area contributed by atoms with Crippen molar-refractivity contribution in [1.82, 2.24) is 20.0 Å². The van der Waals surface area contributed by atoms with Crippen molar-refractivity contribution in [2.75, 3.05) is 19.6 Å². The van der Waals surface area contributed by atoms with Crippen molar-refractivity contribution in [3.63, 3.8) is 0 Å². The van der Waals surface area contributed by atoms with Crippen LogP contribution in [0.1, 0.15) is 44.1 Å². The lowest BCUT2D eigenvalue weighted by Crippen LogP contribution is -2.34. The molecule has 1 heterocycles. The van der Waals surface area contributed by atoms with Crippen LogP contribution in [0.2, 0.25) is 5.02 Å². The van der Waals surface area contributed by atoms with Gasteiger partial charge in [0.15, 0.2) is 0 Å². The molecule has 1 aromatic heterocycles. The van der Waals surface area contributed by atoms with Crippen LogP contribution >= 0.6 is 11.6 Å². The Morgan fingerprint density at radius 3 is 2.38 bits per heavy atom. The van der Waals surface area contributed by atoms with Gasteiger partial charge in [0, 0.05) is 28.8 Å². The van der Waals surface area contributed by atoms with Gasteiger partial charge in [0.1, 0.15) is 5.69 Å². The number of nitrogens with zero attached hydrogens (tertiary/aromatic N) is 4. The Balaban J connectivity index is 1.83. The first kappa shape index (κ1) is 25.4. The molecule has 8 nitrogen and oxygen atoms in total. The normalized spacial score (nSPS) is 12.0. The molecule has 0 aliphatic heterocycles. The van der Waals surface area contributed by atoms with E-state index in [0.717, 1.165) is 32.5 Å². The molecule has 3 aromatic rings. The minimum atomic E-state index is -0.448. The largest absolute Gasteiger partial charge is 0.348 e. The Hall–Kier alpha value is -3.23. The number of halogens is 1. The molecule has 0 fully saturated rings. The molecule has 180 valence electrons. The van der Waals surface area contributed by atoms with Crippen LogP contribution in [0, 0.1) is 10.1 Å². The van der Waals surface area contributed by atoms with Gasteiger partial charge >= 0.3 is 0 Å². The second-order valence-electron chi connectivity index (χ2n) is 8.15. The summed E-state index contributed by atoms with van der Waals surface area (Å²) in [6.07, 6.45) is 1.86. The van der Waals surface area contributed by atoms with Gasteiger partial charge in [-0.25, -0.2) is 4.68 Å². The Bertz CT molecular complexity index is 1110. The number of nitro benzene ring substituents is 1. The van der Waals surface area contributed by atoms with Crippen LogP contribution in [-0.2, 0) is 0 Å². The number of nitrogens with one attached hydrogen (secondary N) is 1. The predicted octanol–water partition coefficient (Wildman–Crippen LogP) is 5.34. The highest BCUT2D eigenvalue weighted by molar-refractivity contribution is 6.30. The maximum Gasteiger partial charge on any atom is 0.270 e. The first-order valence-corrected chi connectivity index (χ1v) is 11.8. The molecule has 0 spiro atoms. The first-order chi connectivity index (χ1) is 16.3. The molecular formula is C25H30ClN5O3. The minimum Gasteiger partial charge on any atom is -0.348 e. The SMILES string of the molecule is CCN(CC)CCCC(C)NC(=O)c1cc(-c2ccc([N+](=O)[O-])cc2)nn1-c1ccc(Cl)cc1. The maximum absolute atomic E-state index is 13.2. The number of nitro groups is 1. The van der Waals surface area contributed by atoms with E-state index < -0.39 is 4.92 Å². The zero-order chi connectivity index (χ0) is 24.7. The highest BCUT2D eigenvalue weighted by Crippen LogP contribution is 2.25. The molecule has 1 atom stereocenters. The smallest absolute Gasteiger partial charge is 0.270 e. The van der Waals surface area contributed by atoms with Crippen LogP contribution in [0.3, 0.4) is 0 Å². The van der Waals surface area contributed by atoms with Gasteiger partial charge in [-0.15, -0.1) is 0 Å². The average molecular weight is 484 g/mol. The fraction of sp³-hybridized carbons (Fsp3) is 0.360. The molecule has 0 saturated heterocycles. The van der Waals surface area contributed by atoms with E-state index >= 15 is 0 Å². The molecule has 0 saturated carbocycles. The Morgan fingerprint density at radius 1 is 1.15 bits per heavy atom. The van der Waals surface area contributed by atoms with Gasteiger partial charge in [-0.3, -0.25) is 14.9 Å². The van der Waals surface area contributed by atoms with Crippen molar-refractivity contribution < 1.29 is 9.72 Å². The zero-order valence-electron chi connectivity index (χ0n) is 19.7. The van der Waals surface area contributed by atoms with Crippen LogP contribution < -0.4 is 5.32 Å². The van der Waals surface area contributed by atoms with E-state index in [4.69, 9.17) is 11.6 Å². The van der Waals surface area contributed by atoms with Crippen molar-refractivity contribution in [1.29, 1.82) is 0 Å². The van der Waals surface area contributed by atoms with Crippen LogP contribution in [0.4, 0.5) is 5.69 Å². The van der Waals surface area contributed by atoms with Gasteiger partial charge in [-0.05, 0) is 81.9 Å². The Morgan fingerprint density at radius 2 is 1.79 bits per heavy atom. The van der Waals surface area contributed by atoms with E-state index in [0.29, 0.717) is 27.7 Å². The van der Waals surface area contributed by atoms with Crippen molar-refractivity contribution in [3.05, 3.63) is 75.4 Å². The highest BCUT2D eigenvalue weighted by atomic mass is 35.5. The van der Waals surface area contributed by atoms with E-state index in [-0.39, 0.29) is 17.6 Å². The van der Waals surface area contributed by atoms with Crippen LogP contribution in [0.5, 0.6) is 0 Å². The van der Waals surface area contributed by atoms with E-state index in [1.165, 1.54) is 12.1 Å². The third-order valence-electron chi connectivity index (χ3n) is 5.77. The third-order valence-corrected chi connectivity index (χ3v) is 6.02. The standard InChI is InChI=1S/C25H30ClN5O3/c1-4-29(5-2)16-6-7-18(3)27-25(32)24-17-23(19-8-12-22(13-9-19)31(33)34)28-30(24)21-14-10-20(26)11-15-21/h8-15,17-18H,4-7,16H2,1-3H3,(H,27,32). The van der Waals surface area contributed by atoms with Crippen molar-refractivity contribution in [2.24, 2.45) is 0 Å². The van der Waals surface area contributed by atoms with E-state index in [2.05, 4.69) is 29.2 Å². The maximum atomic E-state index is 13.2. The molecule has 34 heavy (non-hydrogen) atoms. The fourth-order valence-electron chi connectivity index (χ4n) is 3.75. The number of benzene rings is 2. The zero-order valence-corrected chi connectivity index (χ0v) is 20.5. The molecule has 0 aliphatic rings. The lowest BCUT2D eigenvalue weighted by molar-refractivity contribution is -0.384. The predicted molar refractivity (Wildman–Crippen MR) is 135 cm³/mol. The lowest BCUT2D eigenvalue weighted by Gasteiger charge is -2.20. The molecule has 0 aliphatic carbocycles. The quantitative estimate of drug-likeness (QED) is 0.293. The van der Waals surface area contributed by atoms with Gasteiger partial charge in [-0.2, -0.15) is 5.10 Å². The van der Waals surface area contributed by atoms with Crippen LogP contribution in [0.15, 0.2) is 54.6 Å². The number of rotatable bonds is 11. The number of aromatic nitrogens is 2. The Labute approximate surface area is 204 Å². The summed E-state index contributed by atoms with van der Waals surface area (Å²) in [7, 11) is 0. The summed E-state index contributed by atoms with van der Waals surface area (Å²) in [6.45, 7) is 9.33. The van der Waals surface area contributed by atoms with Gasteiger partial charge in [-0.1, -0.05) is 25.4 Å². The second kappa shape index (κ2) is 11.8. The monoisotopic (exact) mass is 483 g/mol. The average Bonchev–Trinajstić information content (AvgIpc) is 3.28. The molecule has 0 radical (unpaired) electrons. The van der Waals surface area contributed by atoms with Crippen LogP contribution in [-0.4, -0.2) is 51.2 Å². The summed E-state index contributed by atoms with van der Waals surface area (Å²) in [5.41, 5.74) is 2.30. The van der Waals surface area contributed by atoms with Gasteiger partial charge in [0.25, 0.3) is 11.6 Å². The fourth-order valence-corrected chi connectivity index (χ4v) is 3.87. The number of non-ortho nitro benzene ring substituents is 1. The number of hydrogen-bond acceptors (Lipinski definition) is 5. The van der Waals surface area contributed by atoms with E-state index in [1.807, 2.05) is 6.92 Å². The summed E-state index contributed by atoms with van der Waals surface area (Å²) in [5, 5.41) is 19.3. The number of carbonyl (C=O) groups is 1. The number of carbonyl (C=O) groups excluding carboxylic acids is 1. The van der Waals surface area contributed by atoms with Crippen LogP contribution in [0.25, 0.3) is 16.9 Å². The first-order valence-electron chi connectivity index (χ1n) is 11.5. The highest BCUT2D eigenvalue weighted by Gasteiger charge is 2.20. The molecule has 2 aromatic carbocycles. The van der Waals surface area contributed by atoms with E-state index in [9.17, 15) is 14.9 Å². The molecule has 1 N–H and O–H groups in total.